The summed E-state index contributed by atoms with van der Waals surface area (Å²) in [5, 5.41) is 5.50. The lowest BCUT2D eigenvalue weighted by molar-refractivity contribution is 1.30. The van der Waals surface area contributed by atoms with Crippen LogP contribution in [0.3, 0.4) is 0 Å². The van der Waals surface area contributed by atoms with E-state index in [0.717, 1.165) is 28.0 Å². The number of nitrogens with one attached hydrogen (secondary N) is 1. The van der Waals surface area contributed by atoms with Gasteiger partial charge in [0.05, 0.1) is 15.6 Å². The number of hydrogen-bond donors (Lipinski definition) is 1. The summed E-state index contributed by atoms with van der Waals surface area (Å²) in [6, 6.07) is 13.8. The van der Waals surface area contributed by atoms with Gasteiger partial charge in [0.1, 0.15) is 5.82 Å². The summed E-state index contributed by atoms with van der Waals surface area (Å²) in [6.07, 6.45) is 0. The molecule has 0 saturated heterocycles. The lowest BCUT2D eigenvalue weighted by atomic mass is 10.1. The zero-order valence-electron chi connectivity index (χ0n) is 11.7. The number of benzene rings is 2. The molecule has 0 spiro atoms. The first-order chi connectivity index (χ1) is 10.0. The smallest absolute Gasteiger partial charge is 0.134 e. The number of pyridine rings is 1. The van der Waals surface area contributed by atoms with Crippen LogP contribution in [0.5, 0.6) is 0 Å². The highest BCUT2D eigenvalue weighted by atomic mass is 35.5. The first-order valence-corrected chi connectivity index (χ1v) is 7.38. The van der Waals surface area contributed by atoms with Crippen LogP contribution in [0, 0.1) is 13.8 Å². The van der Waals surface area contributed by atoms with E-state index in [4.69, 9.17) is 28.2 Å². The second-order valence-electron chi connectivity index (χ2n) is 5.10. The molecule has 0 atom stereocenters. The first-order valence-electron chi connectivity index (χ1n) is 6.63. The fourth-order valence-electron chi connectivity index (χ4n) is 2.22. The molecule has 3 rings (SSSR count). The molecule has 0 radical (unpaired) electrons. The van der Waals surface area contributed by atoms with Gasteiger partial charge < -0.3 is 5.32 Å². The number of aryl methyl sites for hydroxylation is 2. The average Bonchev–Trinajstić information content (AvgIpc) is 2.44. The molecule has 0 fully saturated rings. The highest BCUT2D eigenvalue weighted by Crippen LogP contribution is 2.28. The van der Waals surface area contributed by atoms with Gasteiger partial charge in [0.25, 0.3) is 0 Å². The normalized spacial score (nSPS) is 10.9. The Kier molecular flexibility index (Phi) is 3.75. The van der Waals surface area contributed by atoms with Crippen molar-refractivity contribution in [2.75, 3.05) is 5.32 Å². The molecular weight excluding hydrogens is 303 g/mol. The number of halogens is 2. The lowest BCUT2D eigenvalue weighted by Gasteiger charge is -2.11. The van der Waals surface area contributed by atoms with Crippen LogP contribution in [-0.4, -0.2) is 4.98 Å². The van der Waals surface area contributed by atoms with Crippen LogP contribution < -0.4 is 5.32 Å². The standard InChI is InChI=1S/C17H14Cl2N2/c1-10-3-4-12-8-11(2)17(21-16(12)7-10)20-13-5-6-14(18)15(19)9-13/h3-9H,1-2H3,(H,20,21). The zero-order chi connectivity index (χ0) is 15.0. The molecule has 106 valence electrons. The molecule has 4 heteroatoms. The predicted molar refractivity (Wildman–Crippen MR) is 91.0 cm³/mol. The van der Waals surface area contributed by atoms with Crippen molar-refractivity contribution < 1.29 is 0 Å². The van der Waals surface area contributed by atoms with E-state index in [-0.39, 0.29) is 0 Å². The Hall–Kier alpha value is -1.77. The third-order valence-electron chi connectivity index (χ3n) is 3.35. The maximum atomic E-state index is 6.04. The van der Waals surface area contributed by atoms with Crippen molar-refractivity contribution >= 4 is 45.6 Å². The minimum absolute atomic E-state index is 0.524. The summed E-state index contributed by atoms with van der Waals surface area (Å²) in [5.74, 6) is 0.825. The summed E-state index contributed by atoms with van der Waals surface area (Å²) in [7, 11) is 0. The van der Waals surface area contributed by atoms with Crippen LogP contribution in [0.2, 0.25) is 10.0 Å². The topological polar surface area (TPSA) is 24.9 Å². The molecule has 2 aromatic carbocycles. The van der Waals surface area contributed by atoms with Gasteiger partial charge in [0.15, 0.2) is 0 Å². The van der Waals surface area contributed by atoms with E-state index in [9.17, 15) is 0 Å². The Labute approximate surface area is 133 Å². The molecule has 2 nitrogen and oxygen atoms in total. The maximum absolute atomic E-state index is 6.04. The predicted octanol–water partition coefficient (Wildman–Crippen LogP) is 5.90. The van der Waals surface area contributed by atoms with Gasteiger partial charge in [-0.2, -0.15) is 0 Å². The van der Waals surface area contributed by atoms with Crippen LogP contribution in [0.1, 0.15) is 11.1 Å². The monoisotopic (exact) mass is 316 g/mol. The Morgan fingerprint density at radius 3 is 2.48 bits per heavy atom. The van der Waals surface area contributed by atoms with E-state index >= 15 is 0 Å². The van der Waals surface area contributed by atoms with Crippen molar-refractivity contribution in [3.05, 3.63) is 63.6 Å². The van der Waals surface area contributed by atoms with Crippen molar-refractivity contribution in [1.82, 2.24) is 4.98 Å². The van der Waals surface area contributed by atoms with Gasteiger partial charge in [0.2, 0.25) is 0 Å². The second kappa shape index (κ2) is 5.55. The van der Waals surface area contributed by atoms with E-state index in [1.54, 1.807) is 12.1 Å². The van der Waals surface area contributed by atoms with Crippen molar-refractivity contribution in [3.8, 4) is 0 Å². The van der Waals surface area contributed by atoms with Gasteiger partial charge in [-0.3, -0.25) is 0 Å². The Morgan fingerprint density at radius 1 is 0.905 bits per heavy atom. The number of aromatic nitrogens is 1. The second-order valence-corrected chi connectivity index (χ2v) is 5.92. The van der Waals surface area contributed by atoms with Gasteiger partial charge >= 0.3 is 0 Å². The summed E-state index contributed by atoms with van der Waals surface area (Å²) >= 11 is 12.0. The average molecular weight is 317 g/mol. The summed E-state index contributed by atoms with van der Waals surface area (Å²) < 4.78 is 0. The number of nitrogens with zero attached hydrogens (tertiary/aromatic N) is 1. The van der Waals surface area contributed by atoms with Gasteiger partial charge in [-0.1, -0.05) is 35.3 Å². The molecule has 0 bridgehead atoms. The van der Waals surface area contributed by atoms with Crippen molar-refractivity contribution in [3.63, 3.8) is 0 Å². The lowest BCUT2D eigenvalue weighted by Crippen LogP contribution is -1.97. The molecule has 1 aromatic heterocycles. The molecule has 0 aliphatic carbocycles. The minimum Gasteiger partial charge on any atom is -0.340 e. The molecule has 3 aromatic rings. The van der Waals surface area contributed by atoms with Crippen LogP contribution in [-0.2, 0) is 0 Å². The van der Waals surface area contributed by atoms with Crippen LogP contribution in [0.25, 0.3) is 10.9 Å². The van der Waals surface area contributed by atoms with Gasteiger partial charge in [-0.05, 0) is 55.3 Å². The molecule has 0 aliphatic heterocycles. The quantitative estimate of drug-likeness (QED) is 0.636. The van der Waals surface area contributed by atoms with Crippen LogP contribution >= 0.6 is 23.2 Å². The van der Waals surface area contributed by atoms with Gasteiger partial charge in [-0.15, -0.1) is 0 Å². The van der Waals surface area contributed by atoms with Crippen molar-refractivity contribution in [2.24, 2.45) is 0 Å². The summed E-state index contributed by atoms with van der Waals surface area (Å²) in [6.45, 7) is 4.10. The van der Waals surface area contributed by atoms with Crippen LogP contribution in [0.15, 0.2) is 42.5 Å². The summed E-state index contributed by atoms with van der Waals surface area (Å²) in [5.41, 5.74) is 4.12. The number of anilines is 2. The Bertz CT molecular complexity index is 828. The maximum Gasteiger partial charge on any atom is 0.134 e. The molecule has 0 saturated carbocycles. The van der Waals surface area contributed by atoms with E-state index in [1.165, 1.54) is 5.56 Å². The third kappa shape index (κ3) is 2.97. The number of rotatable bonds is 2. The van der Waals surface area contributed by atoms with Crippen molar-refractivity contribution in [1.29, 1.82) is 0 Å². The Morgan fingerprint density at radius 2 is 1.71 bits per heavy atom. The number of hydrogen-bond acceptors (Lipinski definition) is 2. The highest BCUT2D eigenvalue weighted by Gasteiger charge is 2.06. The van der Waals surface area contributed by atoms with Gasteiger partial charge in [0, 0.05) is 11.1 Å². The van der Waals surface area contributed by atoms with E-state index in [1.807, 2.05) is 13.0 Å². The molecule has 0 unspecified atom stereocenters. The highest BCUT2D eigenvalue weighted by molar-refractivity contribution is 6.42. The fourth-order valence-corrected chi connectivity index (χ4v) is 2.52. The molecule has 21 heavy (non-hydrogen) atoms. The first kappa shape index (κ1) is 14.2. The molecule has 1 N–H and O–H groups in total. The Balaban J connectivity index is 2.03. The fraction of sp³-hybridized carbons (Fsp3) is 0.118. The number of fused-ring (bicyclic) bond motifs is 1. The largest absolute Gasteiger partial charge is 0.340 e. The summed E-state index contributed by atoms with van der Waals surface area (Å²) in [4.78, 5) is 4.70. The van der Waals surface area contributed by atoms with E-state index < -0.39 is 0 Å². The van der Waals surface area contributed by atoms with Crippen molar-refractivity contribution in [2.45, 2.75) is 13.8 Å². The van der Waals surface area contributed by atoms with E-state index in [2.05, 4.69) is 36.5 Å². The molecule has 0 amide bonds. The zero-order valence-corrected chi connectivity index (χ0v) is 13.3. The van der Waals surface area contributed by atoms with Gasteiger partial charge in [-0.25, -0.2) is 4.98 Å². The minimum atomic E-state index is 0.524. The SMILES string of the molecule is Cc1ccc2cc(C)c(Nc3ccc(Cl)c(Cl)c3)nc2c1. The molecular formula is C17H14Cl2N2. The molecule has 0 aliphatic rings. The van der Waals surface area contributed by atoms with E-state index in [0.29, 0.717) is 10.0 Å². The third-order valence-corrected chi connectivity index (χ3v) is 4.09. The van der Waals surface area contributed by atoms with Crippen LogP contribution in [0.4, 0.5) is 11.5 Å². The molecule has 1 heterocycles.